The molecular weight excluding hydrogens is 751 g/mol. The van der Waals surface area contributed by atoms with Crippen molar-refractivity contribution in [2.45, 2.75) is 47.0 Å². The zero-order chi connectivity index (χ0) is 42.3. The van der Waals surface area contributed by atoms with Gasteiger partial charge in [-0.25, -0.2) is 8.78 Å². The zero-order valence-corrected chi connectivity index (χ0v) is 35.5. The van der Waals surface area contributed by atoms with E-state index in [9.17, 15) is 4.39 Å². The van der Waals surface area contributed by atoms with E-state index >= 15 is 4.39 Å². The molecule has 9 aromatic carbocycles. The Labute approximate surface area is 357 Å². The van der Waals surface area contributed by atoms with E-state index in [4.69, 9.17) is 0 Å². The molecule has 0 amide bonds. The van der Waals surface area contributed by atoms with E-state index in [2.05, 4.69) is 148 Å². The first-order valence-electron chi connectivity index (χ1n) is 21.2. The molecule has 0 fully saturated rings. The summed E-state index contributed by atoms with van der Waals surface area (Å²) in [5.41, 5.74) is 9.33. The lowest BCUT2D eigenvalue weighted by Gasteiger charge is -2.53. The number of rotatable bonds is 6. The van der Waals surface area contributed by atoms with Crippen molar-refractivity contribution in [3.05, 3.63) is 205 Å². The second-order valence-electron chi connectivity index (χ2n) is 18.4. The summed E-state index contributed by atoms with van der Waals surface area (Å²) in [4.78, 5) is 4.36. The molecule has 0 aliphatic heterocycles. The van der Waals surface area contributed by atoms with E-state index in [1.54, 1.807) is 24.3 Å². The number of anilines is 6. The van der Waals surface area contributed by atoms with Gasteiger partial charge in [0.05, 0.1) is 5.69 Å². The molecule has 1 aliphatic rings. The van der Waals surface area contributed by atoms with Crippen molar-refractivity contribution in [2.75, 3.05) is 9.80 Å². The Morgan fingerprint density at radius 3 is 1.38 bits per heavy atom. The lowest BCUT2D eigenvalue weighted by molar-refractivity contribution is 0.0965. The normalized spacial score (nSPS) is 13.4. The minimum atomic E-state index is -0.529. The fourth-order valence-electron chi connectivity index (χ4n) is 11.1. The summed E-state index contributed by atoms with van der Waals surface area (Å²) in [6.07, 6.45) is 0. The van der Waals surface area contributed by atoms with E-state index in [1.165, 1.54) is 45.2 Å². The van der Waals surface area contributed by atoms with Gasteiger partial charge in [0.1, 0.15) is 11.6 Å². The lowest BCUT2D eigenvalue weighted by Crippen LogP contribution is -2.50. The molecule has 2 nitrogen and oxygen atoms in total. The van der Waals surface area contributed by atoms with Crippen LogP contribution < -0.4 is 9.80 Å². The third-order valence-electron chi connectivity index (χ3n) is 13.0. The van der Waals surface area contributed by atoms with Gasteiger partial charge in [-0.2, -0.15) is 0 Å². The Bertz CT molecular complexity index is 3130. The monoisotopic (exact) mass is 798 g/mol. The smallest absolute Gasteiger partial charge is 0.125 e. The standard InChI is InChI=1S/C57H48F2N2/c1-55(2,3)57(56(4,5)6)50-36-51(61(40-23-11-8-12-24-40)42-26-18-20-38(59)34-42)45-28-14-16-30-47(45)52(50)53-46-29-15-13-27-44(46)49-35-43(31-32-48(49)54(53)57)60(39-21-9-7-10-22-39)41-25-17-19-37(58)33-41/h7-36H,1-6H3. The average molecular weight is 799 g/mol. The van der Waals surface area contributed by atoms with E-state index in [0.717, 1.165) is 55.7 Å². The van der Waals surface area contributed by atoms with Crippen molar-refractivity contribution in [3.8, 4) is 11.1 Å². The van der Waals surface area contributed by atoms with Gasteiger partial charge in [0.2, 0.25) is 0 Å². The Morgan fingerprint density at radius 2 is 0.820 bits per heavy atom. The predicted octanol–water partition coefficient (Wildman–Crippen LogP) is 16.7. The van der Waals surface area contributed by atoms with Gasteiger partial charge in [-0.15, -0.1) is 0 Å². The molecule has 0 N–H and O–H groups in total. The first-order chi connectivity index (χ1) is 29.4. The highest BCUT2D eigenvalue weighted by atomic mass is 19.1. The first-order valence-corrected chi connectivity index (χ1v) is 21.2. The highest BCUT2D eigenvalue weighted by Crippen LogP contribution is 2.69. The van der Waals surface area contributed by atoms with E-state index in [0.29, 0.717) is 0 Å². The molecule has 0 aromatic heterocycles. The molecule has 0 atom stereocenters. The second-order valence-corrected chi connectivity index (χ2v) is 18.4. The van der Waals surface area contributed by atoms with Crippen LogP contribution in [0.5, 0.6) is 0 Å². The fraction of sp³-hybridized carbons (Fsp3) is 0.158. The predicted molar refractivity (Wildman–Crippen MR) is 253 cm³/mol. The van der Waals surface area contributed by atoms with Gasteiger partial charge >= 0.3 is 0 Å². The topological polar surface area (TPSA) is 6.48 Å². The van der Waals surface area contributed by atoms with Crippen LogP contribution in [0.2, 0.25) is 0 Å². The zero-order valence-electron chi connectivity index (χ0n) is 35.5. The molecule has 1 aliphatic carbocycles. The Morgan fingerprint density at radius 1 is 0.361 bits per heavy atom. The van der Waals surface area contributed by atoms with Crippen LogP contribution in [0.3, 0.4) is 0 Å². The number of fused-ring (bicyclic) bond motifs is 10. The summed E-state index contributed by atoms with van der Waals surface area (Å²) in [5.74, 6) is -0.564. The molecule has 9 aromatic rings. The summed E-state index contributed by atoms with van der Waals surface area (Å²) < 4.78 is 30.2. The van der Waals surface area contributed by atoms with Crippen LogP contribution >= 0.6 is 0 Å². The number of para-hydroxylation sites is 2. The number of benzene rings is 9. The van der Waals surface area contributed by atoms with Crippen LogP contribution in [0.1, 0.15) is 52.7 Å². The minimum absolute atomic E-state index is 0.282. The van der Waals surface area contributed by atoms with Crippen molar-refractivity contribution in [2.24, 2.45) is 10.8 Å². The Kier molecular flexibility index (Phi) is 8.92. The Balaban J connectivity index is 1.36. The van der Waals surface area contributed by atoms with Crippen LogP contribution in [0.15, 0.2) is 182 Å². The molecular formula is C57H48F2N2. The van der Waals surface area contributed by atoms with Gasteiger partial charge in [0.25, 0.3) is 0 Å². The minimum Gasteiger partial charge on any atom is -0.310 e. The van der Waals surface area contributed by atoms with Crippen molar-refractivity contribution in [3.63, 3.8) is 0 Å². The van der Waals surface area contributed by atoms with Gasteiger partial charge in [-0.1, -0.05) is 145 Å². The highest BCUT2D eigenvalue weighted by Gasteiger charge is 2.59. The summed E-state index contributed by atoms with van der Waals surface area (Å²) in [5, 5.41) is 6.94. The number of halogens is 2. The molecule has 0 spiro atoms. The maximum Gasteiger partial charge on any atom is 0.125 e. The van der Waals surface area contributed by atoms with Crippen molar-refractivity contribution < 1.29 is 8.78 Å². The molecule has 0 radical (unpaired) electrons. The van der Waals surface area contributed by atoms with E-state index in [1.807, 2.05) is 48.5 Å². The van der Waals surface area contributed by atoms with Gasteiger partial charge in [0, 0.05) is 39.2 Å². The van der Waals surface area contributed by atoms with Crippen LogP contribution in [0.25, 0.3) is 43.4 Å². The summed E-state index contributed by atoms with van der Waals surface area (Å²) in [7, 11) is 0. The van der Waals surface area contributed by atoms with E-state index in [-0.39, 0.29) is 22.5 Å². The summed E-state index contributed by atoms with van der Waals surface area (Å²) in [6.45, 7) is 14.4. The fourth-order valence-corrected chi connectivity index (χ4v) is 11.1. The summed E-state index contributed by atoms with van der Waals surface area (Å²) in [6, 6.07) is 61.1. The molecule has 300 valence electrons. The van der Waals surface area contributed by atoms with Crippen LogP contribution in [0, 0.1) is 22.5 Å². The number of nitrogens with zero attached hydrogens (tertiary/aromatic N) is 2. The third kappa shape index (κ3) is 5.87. The lowest BCUT2D eigenvalue weighted by atomic mass is 9.49. The van der Waals surface area contributed by atoms with Crippen molar-refractivity contribution >= 4 is 66.4 Å². The van der Waals surface area contributed by atoms with Crippen LogP contribution in [-0.2, 0) is 5.41 Å². The Hall–Kier alpha value is -6.78. The average Bonchev–Trinajstić information content (AvgIpc) is 3.58. The molecule has 0 saturated carbocycles. The van der Waals surface area contributed by atoms with Gasteiger partial charge in [-0.3, -0.25) is 0 Å². The maximum atomic E-state index is 15.2. The van der Waals surface area contributed by atoms with Gasteiger partial charge in [-0.05, 0) is 139 Å². The quantitative estimate of drug-likeness (QED) is 0.155. The van der Waals surface area contributed by atoms with Crippen molar-refractivity contribution in [1.82, 2.24) is 0 Å². The van der Waals surface area contributed by atoms with Crippen LogP contribution in [0.4, 0.5) is 42.9 Å². The first kappa shape index (κ1) is 38.4. The molecule has 4 heteroatoms. The SMILES string of the molecule is CC(C)(C)C1(C(C)(C)C)c2cc(N(c3ccccc3)c3cccc(F)c3)c3ccccc3c2-c2c1c1ccc(N(c3ccccc3)c3cccc(F)c3)cc1c1ccccc21. The maximum absolute atomic E-state index is 15.2. The molecule has 0 bridgehead atoms. The van der Waals surface area contributed by atoms with Crippen molar-refractivity contribution in [1.29, 1.82) is 0 Å². The second kappa shape index (κ2) is 14.2. The molecule has 10 rings (SSSR count). The highest BCUT2D eigenvalue weighted by molar-refractivity contribution is 6.23. The number of hydrogen-bond acceptors (Lipinski definition) is 2. The largest absolute Gasteiger partial charge is 0.310 e. The number of hydrogen-bond donors (Lipinski definition) is 0. The molecule has 0 unspecified atom stereocenters. The summed E-state index contributed by atoms with van der Waals surface area (Å²) >= 11 is 0. The third-order valence-corrected chi connectivity index (χ3v) is 13.0. The van der Waals surface area contributed by atoms with Gasteiger partial charge in [0.15, 0.2) is 0 Å². The molecule has 0 heterocycles. The van der Waals surface area contributed by atoms with Crippen LogP contribution in [-0.4, -0.2) is 0 Å². The van der Waals surface area contributed by atoms with Gasteiger partial charge < -0.3 is 9.80 Å². The molecule has 0 saturated heterocycles. The molecule has 61 heavy (non-hydrogen) atoms. The van der Waals surface area contributed by atoms with E-state index < -0.39 is 5.41 Å².